The van der Waals surface area contributed by atoms with Crippen LogP contribution in [0.15, 0.2) is 53.0 Å². The number of nitrogens with zero attached hydrogens (tertiary/aromatic N) is 2. The van der Waals surface area contributed by atoms with E-state index >= 15 is 0 Å². The number of carbonyl (C=O) groups is 2. The van der Waals surface area contributed by atoms with Crippen LogP contribution in [0.2, 0.25) is 0 Å². The molecule has 1 N–H and O–H groups in total. The van der Waals surface area contributed by atoms with Crippen molar-refractivity contribution in [3.8, 4) is 0 Å². The molecule has 2 aliphatic heterocycles. The Balaban J connectivity index is 1.35. The van der Waals surface area contributed by atoms with Gasteiger partial charge in [-0.15, -0.1) is 0 Å². The van der Waals surface area contributed by atoms with E-state index in [1.165, 1.54) is 4.31 Å². The topological polar surface area (TPSA) is 96.0 Å². The average molecular weight is 550 g/mol. The highest BCUT2D eigenvalue weighted by Crippen LogP contribution is 2.25. The first-order chi connectivity index (χ1) is 16.3. The van der Waals surface area contributed by atoms with E-state index in [9.17, 15) is 18.0 Å². The number of ether oxygens (including phenoxy) is 1. The lowest BCUT2D eigenvalue weighted by Gasteiger charge is -2.31. The summed E-state index contributed by atoms with van der Waals surface area (Å²) in [5.41, 5.74) is 1.66. The van der Waals surface area contributed by atoms with Crippen molar-refractivity contribution in [2.24, 2.45) is 5.92 Å². The number of rotatable bonds is 6. The maximum Gasteiger partial charge on any atom is 0.256 e. The minimum absolute atomic E-state index is 0.0613. The Kier molecular flexibility index (Phi) is 8.02. The van der Waals surface area contributed by atoms with E-state index in [2.05, 4.69) is 21.2 Å². The van der Waals surface area contributed by atoms with Crippen molar-refractivity contribution < 1.29 is 22.7 Å². The summed E-state index contributed by atoms with van der Waals surface area (Å²) in [6.45, 7) is 2.65. The lowest BCUT2D eigenvalue weighted by Crippen LogP contribution is -2.42. The second-order valence-electron chi connectivity index (χ2n) is 8.50. The number of anilines is 1. The normalized spacial score (nSPS) is 18.0. The molecule has 0 aromatic heterocycles. The van der Waals surface area contributed by atoms with Crippen molar-refractivity contribution in [2.75, 3.05) is 44.7 Å². The van der Waals surface area contributed by atoms with Crippen molar-refractivity contribution in [1.82, 2.24) is 9.21 Å². The predicted octanol–water partition coefficient (Wildman–Crippen LogP) is 3.10. The number of sulfonamides is 1. The summed E-state index contributed by atoms with van der Waals surface area (Å²) in [5.74, 6) is -0.695. The molecule has 34 heavy (non-hydrogen) atoms. The maximum absolute atomic E-state index is 13.0. The second kappa shape index (κ2) is 11.0. The fourth-order valence-corrected chi connectivity index (χ4v) is 6.06. The van der Waals surface area contributed by atoms with Crippen LogP contribution in [0, 0.1) is 5.92 Å². The minimum Gasteiger partial charge on any atom is -0.378 e. The van der Waals surface area contributed by atoms with Crippen LogP contribution in [0.4, 0.5) is 5.69 Å². The fourth-order valence-electron chi connectivity index (χ4n) is 4.23. The summed E-state index contributed by atoms with van der Waals surface area (Å²) >= 11 is 3.35. The molecule has 2 saturated heterocycles. The van der Waals surface area contributed by atoms with Gasteiger partial charge in [0, 0.05) is 36.6 Å². The first-order valence-electron chi connectivity index (χ1n) is 11.3. The van der Waals surface area contributed by atoms with Gasteiger partial charge in [0.2, 0.25) is 15.9 Å². The maximum atomic E-state index is 13.0. The van der Waals surface area contributed by atoms with Gasteiger partial charge in [-0.1, -0.05) is 40.2 Å². The van der Waals surface area contributed by atoms with E-state index < -0.39 is 10.0 Å². The highest BCUT2D eigenvalue weighted by Gasteiger charge is 2.32. The molecule has 182 valence electrons. The van der Waals surface area contributed by atoms with Gasteiger partial charge in [-0.25, -0.2) is 12.7 Å². The standard InChI is InChI=1S/C24H28BrN3O5S/c25-20-7-5-18(6-8-20)17-34(31,32)28-11-9-19(10-12-28)23(29)26-22-4-2-1-3-21(22)24(30)27-13-15-33-16-14-27/h1-8,19H,9-17H2,(H,26,29). The Morgan fingerprint density at radius 1 is 0.971 bits per heavy atom. The number of carbonyl (C=O) groups excluding carboxylic acids is 2. The molecule has 4 rings (SSSR count). The summed E-state index contributed by atoms with van der Waals surface area (Å²) in [4.78, 5) is 27.6. The third kappa shape index (κ3) is 6.04. The molecule has 2 heterocycles. The smallest absolute Gasteiger partial charge is 0.256 e. The highest BCUT2D eigenvalue weighted by molar-refractivity contribution is 9.10. The van der Waals surface area contributed by atoms with Gasteiger partial charge in [-0.3, -0.25) is 9.59 Å². The van der Waals surface area contributed by atoms with Gasteiger partial charge in [-0.05, 0) is 42.7 Å². The Morgan fingerprint density at radius 3 is 2.29 bits per heavy atom. The van der Waals surface area contributed by atoms with Crippen LogP contribution in [-0.4, -0.2) is 68.8 Å². The molecule has 2 aromatic carbocycles. The molecule has 2 aliphatic rings. The molecule has 10 heteroatoms. The molecule has 0 bridgehead atoms. The zero-order valence-electron chi connectivity index (χ0n) is 18.8. The van der Waals surface area contributed by atoms with Crippen LogP contribution < -0.4 is 5.32 Å². The molecular formula is C24H28BrN3O5S. The molecule has 0 saturated carbocycles. The number of morpholine rings is 1. The second-order valence-corrected chi connectivity index (χ2v) is 11.4. The molecule has 0 atom stereocenters. The van der Waals surface area contributed by atoms with E-state index in [-0.39, 0.29) is 23.5 Å². The zero-order valence-corrected chi connectivity index (χ0v) is 21.2. The van der Waals surface area contributed by atoms with Gasteiger partial charge in [0.05, 0.1) is 30.2 Å². The third-order valence-corrected chi connectivity index (χ3v) is 8.57. The molecule has 0 spiro atoms. The van der Waals surface area contributed by atoms with Gasteiger partial charge < -0.3 is 15.0 Å². The number of piperidine rings is 1. The summed E-state index contributed by atoms with van der Waals surface area (Å²) in [6.07, 6.45) is 0.871. The van der Waals surface area contributed by atoms with Crippen LogP contribution in [0.3, 0.4) is 0 Å². The van der Waals surface area contributed by atoms with Crippen LogP contribution >= 0.6 is 15.9 Å². The summed E-state index contributed by atoms with van der Waals surface area (Å²) in [5, 5.41) is 2.91. The molecule has 2 fully saturated rings. The first-order valence-corrected chi connectivity index (χ1v) is 13.7. The predicted molar refractivity (Wildman–Crippen MR) is 133 cm³/mol. The largest absolute Gasteiger partial charge is 0.378 e. The first kappa shape index (κ1) is 24.8. The van der Waals surface area contributed by atoms with Crippen LogP contribution in [0.25, 0.3) is 0 Å². The number of para-hydroxylation sites is 1. The minimum atomic E-state index is -3.46. The van der Waals surface area contributed by atoms with E-state index in [0.717, 1.165) is 10.0 Å². The molecule has 2 amide bonds. The van der Waals surface area contributed by atoms with Crippen molar-refractivity contribution in [3.63, 3.8) is 0 Å². The highest BCUT2D eigenvalue weighted by atomic mass is 79.9. The number of halogens is 1. The number of nitrogens with one attached hydrogen (secondary N) is 1. The monoisotopic (exact) mass is 549 g/mol. The lowest BCUT2D eigenvalue weighted by molar-refractivity contribution is -0.120. The van der Waals surface area contributed by atoms with Gasteiger partial charge in [0.15, 0.2) is 0 Å². The Labute approximate surface area is 208 Å². The molecule has 8 nitrogen and oxygen atoms in total. The lowest BCUT2D eigenvalue weighted by atomic mass is 9.97. The number of hydrogen-bond donors (Lipinski definition) is 1. The summed E-state index contributed by atoms with van der Waals surface area (Å²) in [7, 11) is -3.46. The van der Waals surface area contributed by atoms with E-state index in [4.69, 9.17) is 4.74 Å². The van der Waals surface area contributed by atoms with Crippen molar-refractivity contribution >= 4 is 43.5 Å². The molecule has 0 aliphatic carbocycles. The van der Waals surface area contributed by atoms with E-state index in [1.807, 2.05) is 12.1 Å². The van der Waals surface area contributed by atoms with Crippen LogP contribution in [-0.2, 0) is 25.3 Å². The van der Waals surface area contributed by atoms with Gasteiger partial charge in [0.1, 0.15) is 0 Å². The van der Waals surface area contributed by atoms with Gasteiger partial charge in [-0.2, -0.15) is 0 Å². The molecule has 0 unspecified atom stereocenters. The Bertz CT molecular complexity index is 1130. The van der Waals surface area contributed by atoms with Crippen LogP contribution in [0.5, 0.6) is 0 Å². The third-order valence-electron chi connectivity index (χ3n) is 6.19. The SMILES string of the molecule is O=C(Nc1ccccc1C(=O)N1CCOCC1)C1CCN(S(=O)(=O)Cc2ccc(Br)cc2)CC1. The Morgan fingerprint density at radius 2 is 1.62 bits per heavy atom. The van der Waals surface area contributed by atoms with Crippen molar-refractivity contribution in [2.45, 2.75) is 18.6 Å². The number of hydrogen-bond acceptors (Lipinski definition) is 5. The number of benzene rings is 2. The number of amides is 2. The van der Waals surface area contributed by atoms with Crippen LogP contribution in [0.1, 0.15) is 28.8 Å². The molecule has 2 aromatic rings. The van der Waals surface area contributed by atoms with Crippen molar-refractivity contribution in [1.29, 1.82) is 0 Å². The van der Waals surface area contributed by atoms with E-state index in [1.54, 1.807) is 41.3 Å². The summed E-state index contributed by atoms with van der Waals surface area (Å²) < 4.78 is 33.4. The molecular weight excluding hydrogens is 522 g/mol. The van der Waals surface area contributed by atoms with E-state index in [0.29, 0.717) is 63.5 Å². The molecule has 0 radical (unpaired) electrons. The van der Waals surface area contributed by atoms with Gasteiger partial charge in [0.25, 0.3) is 5.91 Å². The fraction of sp³-hybridized carbons (Fsp3) is 0.417. The summed E-state index contributed by atoms with van der Waals surface area (Å²) in [6, 6.07) is 14.2. The zero-order chi connectivity index (χ0) is 24.1. The Hall–Kier alpha value is -2.27. The average Bonchev–Trinajstić information content (AvgIpc) is 2.86. The van der Waals surface area contributed by atoms with Gasteiger partial charge >= 0.3 is 0 Å². The van der Waals surface area contributed by atoms with Crippen molar-refractivity contribution in [3.05, 3.63) is 64.1 Å². The quantitative estimate of drug-likeness (QED) is 0.597.